The Hall–Kier alpha value is -0.610. The molecule has 0 aromatic heterocycles. The summed E-state index contributed by atoms with van der Waals surface area (Å²) in [7, 11) is 1.92. The number of carbonyl (C=O) groups is 1. The van der Waals surface area contributed by atoms with Crippen molar-refractivity contribution in [3.63, 3.8) is 0 Å². The standard InChI is InChI=1S/C15H26N2O2/c1-16-13-6-5-12-3-2-4-14(12)17(15(13)18)9-11-7-8-19-10-11/h11-14,16H,2-10H2,1H3. The number of likely N-dealkylation sites (N-methyl/N-ethyl adjacent to an activating group) is 1. The van der Waals surface area contributed by atoms with E-state index in [1.54, 1.807) is 0 Å². The first-order valence-electron chi connectivity index (χ1n) is 7.85. The van der Waals surface area contributed by atoms with Crippen molar-refractivity contribution in [2.75, 3.05) is 26.8 Å². The molecule has 1 saturated carbocycles. The Balaban J connectivity index is 1.75. The molecule has 3 aliphatic rings. The van der Waals surface area contributed by atoms with Crippen molar-refractivity contribution in [2.45, 2.75) is 50.6 Å². The van der Waals surface area contributed by atoms with E-state index in [-0.39, 0.29) is 6.04 Å². The van der Waals surface area contributed by atoms with E-state index in [0.29, 0.717) is 17.9 Å². The lowest BCUT2D eigenvalue weighted by atomic mass is 9.97. The molecular weight excluding hydrogens is 240 g/mol. The highest BCUT2D eigenvalue weighted by molar-refractivity contribution is 5.82. The van der Waals surface area contributed by atoms with Gasteiger partial charge < -0.3 is 15.0 Å². The predicted molar refractivity (Wildman–Crippen MR) is 73.8 cm³/mol. The first kappa shape index (κ1) is 13.4. The van der Waals surface area contributed by atoms with Crippen molar-refractivity contribution in [3.8, 4) is 0 Å². The van der Waals surface area contributed by atoms with Crippen LogP contribution in [0.4, 0.5) is 0 Å². The number of rotatable bonds is 3. The second-order valence-corrected chi connectivity index (χ2v) is 6.40. The largest absolute Gasteiger partial charge is 0.381 e. The highest BCUT2D eigenvalue weighted by atomic mass is 16.5. The minimum Gasteiger partial charge on any atom is -0.381 e. The van der Waals surface area contributed by atoms with Crippen molar-refractivity contribution < 1.29 is 9.53 Å². The predicted octanol–water partition coefficient (Wildman–Crippen LogP) is 1.40. The third kappa shape index (κ3) is 2.65. The maximum atomic E-state index is 12.7. The molecule has 0 aromatic rings. The quantitative estimate of drug-likeness (QED) is 0.839. The summed E-state index contributed by atoms with van der Waals surface area (Å²) in [5, 5.41) is 3.22. The van der Waals surface area contributed by atoms with Gasteiger partial charge in [-0.1, -0.05) is 6.42 Å². The molecule has 1 amide bonds. The number of hydrogen-bond acceptors (Lipinski definition) is 3. The summed E-state index contributed by atoms with van der Waals surface area (Å²) in [6, 6.07) is 0.541. The zero-order chi connectivity index (χ0) is 13.2. The summed E-state index contributed by atoms with van der Waals surface area (Å²) in [6.45, 7) is 2.62. The number of fused-ring (bicyclic) bond motifs is 1. The fourth-order valence-electron chi connectivity index (χ4n) is 4.13. The molecule has 0 radical (unpaired) electrons. The molecule has 2 aliphatic heterocycles. The van der Waals surface area contributed by atoms with Gasteiger partial charge in [-0.25, -0.2) is 0 Å². The molecular formula is C15H26N2O2. The van der Waals surface area contributed by atoms with Crippen LogP contribution >= 0.6 is 0 Å². The molecule has 1 aliphatic carbocycles. The van der Waals surface area contributed by atoms with Crippen LogP contribution in [0, 0.1) is 11.8 Å². The van der Waals surface area contributed by atoms with Crippen LogP contribution in [-0.4, -0.2) is 49.7 Å². The molecule has 1 N–H and O–H groups in total. The topological polar surface area (TPSA) is 41.6 Å². The summed E-state index contributed by atoms with van der Waals surface area (Å²) in [5.74, 6) is 1.63. The lowest BCUT2D eigenvalue weighted by Gasteiger charge is -2.33. The van der Waals surface area contributed by atoms with Crippen LogP contribution in [0.15, 0.2) is 0 Å². The normalized spacial score (nSPS) is 39.4. The van der Waals surface area contributed by atoms with E-state index in [0.717, 1.165) is 38.5 Å². The van der Waals surface area contributed by atoms with Gasteiger partial charge in [0.25, 0.3) is 0 Å². The van der Waals surface area contributed by atoms with E-state index in [2.05, 4.69) is 10.2 Å². The Kier molecular flexibility index (Phi) is 4.08. The average Bonchev–Trinajstić information content (AvgIpc) is 3.05. The summed E-state index contributed by atoms with van der Waals surface area (Å²) in [6.07, 6.45) is 7.15. The molecule has 108 valence electrons. The van der Waals surface area contributed by atoms with Crippen LogP contribution in [0.2, 0.25) is 0 Å². The van der Waals surface area contributed by atoms with Crippen molar-refractivity contribution in [3.05, 3.63) is 0 Å². The number of carbonyl (C=O) groups excluding carboxylic acids is 1. The highest BCUT2D eigenvalue weighted by Gasteiger charge is 2.41. The Bertz CT molecular complexity index is 328. The van der Waals surface area contributed by atoms with Crippen molar-refractivity contribution in [1.82, 2.24) is 10.2 Å². The number of amides is 1. The van der Waals surface area contributed by atoms with E-state index in [1.165, 1.54) is 25.7 Å². The van der Waals surface area contributed by atoms with Crippen LogP contribution in [0.1, 0.15) is 38.5 Å². The number of nitrogens with one attached hydrogen (secondary N) is 1. The molecule has 19 heavy (non-hydrogen) atoms. The third-order valence-corrected chi connectivity index (χ3v) is 5.25. The molecule has 0 aromatic carbocycles. The smallest absolute Gasteiger partial charge is 0.239 e. The maximum Gasteiger partial charge on any atom is 0.239 e. The van der Waals surface area contributed by atoms with Crippen LogP contribution < -0.4 is 5.32 Å². The molecule has 0 bridgehead atoms. The fourth-order valence-corrected chi connectivity index (χ4v) is 4.13. The molecule has 4 atom stereocenters. The summed E-state index contributed by atoms with van der Waals surface area (Å²) < 4.78 is 5.48. The number of nitrogens with zero attached hydrogens (tertiary/aromatic N) is 1. The van der Waals surface area contributed by atoms with E-state index >= 15 is 0 Å². The van der Waals surface area contributed by atoms with Crippen LogP contribution in [-0.2, 0) is 9.53 Å². The van der Waals surface area contributed by atoms with Gasteiger partial charge in [0, 0.05) is 25.1 Å². The third-order valence-electron chi connectivity index (χ3n) is 5.25. The minimum absolute atomic E-state index is 0.0351. The Morgan fingerprint density at radius 3 is 2.89 bits per heavy atom. The van der Waals surface area contributed by atoms with Crippen LogP contribution in [0.25, 0.3) is 0 Å². The first-order valence-corrected chi connectivity index (χ1v) is 7.85. The fraction of sp³-hybridized carbons (Fsp3) is 0.933. The number of likely N-dealkylation sites (tertiary alicyclic amines) is 1. The zero-order valence-corrected chi connectivity index (χ0v) is 11.9. The molecule has 4 unspecified atom stereocenters. The molecule has 4 heteroatoms. The number of hydrogen-bond donors (Lipinski definition) is 1. The Morgan fingerprint density at radius 2 is 2.16 bits per heavy atom. The second-order valence-electron chi connectivity index (χ2n) is 6.40. The van der Waals surface area contributed by atoms with Gasteiger partial charge in [0.2, 0.25) is 5.91 Å². The van der Waals surface area contributed by atoms with Gasteiger partial charge in [-0.15, -0.1) is 0 Å². The van der Waals surface area contributed by atoms with E-state index < -0.39 is 0 Å². The van der Waals surface area contributed by atoms with Crippen LogP contribution in [0.5, 0.6) is 0 Å². The van der Waals surface area contributed by atoms with Crippen molar-refractivity contribution in [2.24, 2.45) is 11.8 Å². The van der Waals surface area contributed by atoms with E-state index in [1.807, 2.05) is 7.05 Å². The van der Waals surface area contributed by atoms with Gasteiger partial charge in [-0.2, -0.15) is 0 Å². The highest BCUT2D eigenvalue weighted by Crippen LogP contribution is 2.37. The van der Waals surface area contributed by atoms with E-state index in [4.69, 9.17) is 4.74 Å². The molecule has 3 fully saturated rings. The summed E-state index contributed by atoms with van der Waals surface area (Å²) >= 11 is 0. The van der Waals surface area contributed by atoms with Gasteiger partial charge >= 0.3 is 0 Å². The molecule has 2 heterocycles. The van der Waals surface area contributed by atoms with E-state index in [9.17, 15) is 4.79 Å². The molecule has 3 rings (SSSR count). The van der Waals surface area contributed by atoms with Gasteiger partial charge in [0.1, 0.15) is 0 Å². The summed E-state index contributed by atoms with van der Waals surface area (Å²) in [5.41, 5.74) is 0. The van der Waals surface area contributed by atoms with Crippen molar-refractivity contribution >= 4 is 5.91 Å². The Labute approximate surface area is 115 Å². The zero-order valence-electron chi connectivity index (χ0n) is 11.9. The van der Waals surface area contributed by atoms with Gasteiger partial charge in [-0.3, -0.25) is 4.79 Å². The maximum absolute atomic E-state index is 12.7. The van der Waals surface area contributed by atoms with Gasteiger partial charge in [0.15, 0.2) is 0 Å². The number of ether oxygens (including phenoxy) is 1. The average molecular weight is 266 g/mol. The lowest BCUT2D eigenvalue weighted by molar-refractivity contribution is -0.136. The van der Waals surface area contributed by atoms with Gasteiger partial charge in [0.05, 0.1) is 12.6 Å². The SMILES string of the molecule is CNC1CCC2CCCC2N(CC2CCOC2)C1=O. The first-order chi connectivity index (χ1) is 9.29. The molecule has 0 spiro atoms. The Morgan fingerprint density at radius 1 is 1.26 bits per heavy atom. The second kappa shape index (κ2) is 5.80. The molecule has 4 nitrogen and oxygen atoms in total. The molecule has 2 saturated heterocycles. The lowest BCUT2D eigenvalue weighted by Crippen LogP contribution is -2.50. The summed E-state index contributed by atoms with van der Waals surface area (Å²) in [4.78, 5) is 14.9. The van der Waals surface area contributed by atoms with Gasteiger partial charge in [-0.05, 0) is 45.1 Å². The van der Waals surface area contributed by atoms with Crippen LogP contribution in [0.3, 0.4) is 0 Å². The van der Waals surface area contributed by atoms with Crippen molar-refractivity contribution in [1.29, 1.82) is 0 Å². The monoisotopic (exact) mass is 266 g/mol. The minimum atomic E-state index is 0.0351.